The maximum Gasteiger partial charge on any atom is 1.00 e. The van der Waals surface area contributed by atoms with Crippen molar-refractivity contribution < 1.29 is 79.6 Å². The first-order valence-electron chi connectivity index (χ1n) is 9.31. The van der Waals surface area contributed by atoms with Crippen molar-refractivity contribution in [1.29, 1.82) is 0 Å². The summed E-state index contributed by atoms with van der Waals surface area (Å²) in [7, 11) is 0. The molecule has 0 spiro atoms. The molecule has 0 fully saturated rings. The van der Waals surface area contributed by atoms with Crippen LogP contribution in [-0.4, -0.2) is 11.1 Å². The Bertz CT molecular complexity index is 1030. The molecule has 0 heterocycles. The number of hydrogen-bond donors (Lipinski definition) is 1. The molecule has 5 nitrogen and oxygen atoms in total. The van der Waals surface area contributed by atoms with Crippen LogP contribution in [0.3, 0.4) is 0 Å². The second-order valence-electron chi connectivity index (χ2n) is 6.55. The quantitative estimate of drug-likeness (QED) is 0.401. The van der Waals surface area contributed by atoms with Gasteiger partial charge in [0.1, 0.15) is 12.4 Å². The zero-order valence-electron chi connectivity index (χ0n) is 17.3. The van der Waals surface area contributed by atoms with Crippen LogP contribution in [-0.2, 0) is 24.5 Å². The summed E-state index contributed by atoms with van der Waals surface area (Å²) in [6, 6.07) is 15.3. The van der Waals surface area contributed by atoms with E-state index in [0.29, 0.717) is 5.69 Å². The topological polar surface area (TPSA) is 69.9 Å². The first kappa shape index (κ1) is 25.4. The smallest absolute Gasteiger partial charge is 0.561 e. The fourth-order valence-electron chi connectivity index (χ4n) is 2.68. The Hall–Kier alpha value is -1.81. The molecule has 0 atom stereocenters. The average Bonchev–Trinajstić information content (AvgIpc) is 2.75. The van der Waals surface area contributed by atoms with E-state index in [9.17, 15) is 13.6 Å². The van der Waals surface area contributed by atoms with Gasteiger partial charge in [0.15, 0.2) is 11.6 Å². The summed E-state index contributed by atoms with van der Waals surface area (Å²) in [5.74, 6) is -2.70. The number of nitrogens with zero attached hydrogens (tertiary/aromatic N) is 1. The zero-order chi connectivity index (χ0) is 21.5. The fourth-order valence-corrected chi connectivity index (χ4v) is 2.68. The number of aromatic carboxylic acids is 1. The van der Waals surface area contributed by atoms with Crippen LogP contribution >= 0.6 is 0 Å². The summed E-state index contributed by atoms with van der Waals surface area (Å²) in [5.41, 5.74) is 7.50. The molecule has 0 amide bonds. The van der Waals surface area contributed by atoms with Gasteiger partial charge in [-0.15, -0.1) is 5.69 Å². The van der Waals surface area contributed by atoms with Crippen molar-refractivity contribution >= 4 is 11.7 Å². The Morgan fingerprint density at radius 3 is 2.29 bits per heavy atom. The maximum atomic E-state index is 13.4. The molecule has 0 saturated heterocycles. The van der Waals surface area contributed by atoms with Crippen LogP contribution in [0, 0.1) is 11.6 Å². The molecule has 3 rings (SSSR count). The Kier molecular flexibility index (Phi) is 10.1. The third-order valence-electron chi connectivity index (χ3n) is 4.44. The van der Waals surface area contributed by atoms with Crippen molar-refractivity contribution in [2.45, 2.75) is 26.6 Å². The molecule has 8 heteroatoms. The molecule has 156 valence electrons. The van der Waals surface area contributed by atoms with Crippen LogP contribution < -0.4 is 56.1 Å². The number of carboxylic acid groups (broad SMARTS) is 1. The Labute approximate surface area is 221 Å². The first-order valence-corrected chi connectivity index (χ1v) is 9.31. The van der Waals surface area contributed by atoms with Gasteiger partial charge in [0, 0.05) is 6.07 Å². The van der Waals surface area contributed by atoms with Gasteiger partial charge in [0.2, 0.25) is 0 Å². The number of hydrogen-bond acceptors (Lipinski definition) is 3. The minimum absolute atomic E-state index is 0. The van der Waals surface area contributed by atoms with E-state index >= 15 is 0 Å². The van der Waals surface area contributed by atoms with Crippen molar-refractivity contribution in [3.8, 4) is 5.75 Å². The number of ether oxygens (including phenoxy) is 1. The monoisotopic (exact) mass is 451 g/mol. The van der Waals surface area contributed by atoms with Gasteiger partial charge in [-0.25, -0.2) is 13.6 Å². The summed E-state index contributed by atoms with van der Waals surface area (Å²) in [6.45, 7) is 2.28. The van der Waals surface area contributed by atoms with Crippen LogP contribution in [0.15, 0.2) is 60.7 Å². The van der Waals surface area contributed by atoms with Crippen molar-refractivity contribution in [3.05, 3.63) is 100 Å². The number of halogens is 2. The fraction of sp³-hybridized carbons (Fsp3) is 0.174. The predicted octanol–water partition coefficient (Wildman–Crippen LogP) is 2.95. The van der Waals surface area contributed by atoms with Gasteiger partial charge in [-0.3, -0.25) is 0 Å². The molecule has 0 unspecified atom stereocenters. The maximum absolute atomic E-state index is 13.4. The van der Waals surface area contributed by atoms with Gasteiger partial charge in [0.05, 0.1) is 12.2 Å². The van der Waals surface area contributed by atoms with Gasteiger partial charge in [-0.1, -0.05) is 37.3 Å². The molecule has 31 heavy (non-hydrogen) atoms. The summed E-state index contributed by atoms with van der Waals surface area (Å²) in [4.78, 5) is 16.4. The average molecular weight is 452 g/mol. The SMILES string of the molecule is CCc1ccc(COc2ccc(F)c(F)c2)c([N-]OCc2ccc(C(=O)O)cc2)c1.[K+]. The minimum Gasteiger partial charge on any atom is -0.561 e. The molecule has 0 saturated carbocycles. The first-order chi connectivity index (χ1) is 14.5. The van der Waals surface area contributed by atoms with Crippen LogP contribution in [0.1, 0.15) is 34.0 Å². The van der Waals surface area contributed by atoms with Gasteiger partial charge >= 0.3 is 57.4 Å². The molecular formula is C23H20F2KNO4. The third kappa shape index (κ3) is 7.38. The van der Waals surface area contributed by atoms with E-state index in [2.05, 4.69) is 5.48 Å². The minimum atomic E-state index is -0.991. The summed E-state index contributed by atoms with van der Waals surface area (Å²) in [5, 5.41) is 8.94. The van der Waals surface area contributed by atoms with E-state index in [4.69, 9.17) is 14.7 Å². The largest absolute Gasteiger partial charge is 1.00 e. The normalized spacial score (nSPS) is 10.3. The van der Waals surface area contributed by atoms with E-state index in [-0.39, 0.29) is 75.9 Å². The number of carboxylic acids is 1. The van der Waals surface area contributed by atoms with Crippen LogP contribution in [0.5, 0.6) is 5.75 Å². The Morgan fingerprint density at radius 2 is 1.65 bits per heavy atom. The van der Waals surface area contributed by atoms with Crippen LogP contribution in [0.25, 0.3) is 5.48 Å². The molecular weight excluding hydrogens is 431 g/mol. The van der Waals surface area contributed by atoms with E-state index in [1.54, 1.807) is 12.1 Å². The molecule has 0 aromatic heterocycles. The number of carbonyl (C=O) groups is 1. The summed E-state index contributed by atoms with van der Waals surface area (Å²) < 4.78 is 32.0. The summed E-state index contributed by atoms with van der Waals surface area (Å²) >= 11 is 0. The van der Waals surface area contributed by atoms with Crippen LogP contribution in [0.4, 0.5) is 14.5 Å². The van der Waals surface area contributed by atoms with Gasteiger partial charge < -0.3 is 20.2 Å². The van der Waals surface area contributed by atoms with E-state index in [0.717, 1.165) is 35.2 Å². The molecule has 3 aromatic carbocycles. The molecule has 0 aliphatic heterocycles. The molecule has 0 aliphatic carbocycles. The van der Waals surface area contributed by atoms with E-state index < -0.39 is 17.6 Å². The van der Waals surface area contributed by atoms with E-state index in [1.165, 1.54) is 18.2 Å². The summed E-state index contributed by atoms with van der Waals surface area (Å²) in [6.07, 6.45) is 0.809. The molecule has 0 bridgehead atoms. The molecule has 0 radical (unpaired) electrons. The number of rotatable bonds is 9. The number of aryl methyl sites for hydroxylation is 1. The van der Waals surface area contributed by atoms with Crippen molar-refractivity contribution in [2.75, 3.05) is 0 Å². The predicted molar refractivity (Wildman–Crippen MR) is 108 cm³/mol. The number of benzene rings is 3. The zero-order valence-corrected chi connectivity index (χ0v) is 20.4. The van der Waals surface area contributed by atoms with Gasteiger partial charge in [0.25, 0.3) is 0 Å². The molecule has 3 aromatic rings. The second-order valence-corrected chi connectivity index (χ2v) is 6.55. The van der Waals surface area contributed by atoms with Crippen molar-refractivity contribution in [2.24, 2.45) is 0 Å². The standard InChI is InChI=1S/C23H20F2NO4.K/c1-2-15-3-8-18(14-29-19-9-10-20(24)21(25)12-19)22(11-15)26-30-13-16-4-6-17(7-5-16)23(27)28;/h3-12H,2,13-14H2,1H3,(H,27,28);/q-1;+1. The molecule has 0 aliphatic rings. The Morgan fingerprint density at radius 1 is 0.935 bits per heavy atom. The van der Waals surface area contributed by atoms with Crippen molar-refractivity contribution in [3.63, 3.8) is 0 Å². The molecule has 1 N–H and O–H groups in total. The van der Waals surface area contributed by atoms with Crippen molar-refractivity contribution in [1.82, 2.24) is 0 Å². The second kappa shape index (κ2) is 12.3. The third-order valence-corrected chi connectivity index (χ3v) is 4.44. The Balaban J connectivity index is 0.00000341. The van der Waals surface area contributed by atoms with Gasteiger partial charge in [-0.2, -0.15) is 0 Å². The van der Waals surface area contributed by atoms with E-state index in [1.807, 2.05) is 25.1 Å². The van der Waals surface area contributed by atoms with Gasteiger partial charge in [-0.05, 0) is 47.4 Å². The van der Waals surface area contributed by atoms with Crippen LogP contribution in [0.2, 0.25) is 0 Å².